The predicted octanol–water partition coefficient (Wildman–Crippen LogP) is 2.69. The van der Waals surface area contributed by atoms with Crippen molar-refractivity contribution in [3.63, 3.8) is 0 Å². The summed E-state index contributed by atoms with van der Waals surface area (Å²) < 4.78 is 25.0. The van der Waals surface area contributed by atoms with E-state index < -0.39 is 17.4 Å². The molecule has 10 heteroatoms. The molecule has 4 aromatic rings. The highest BCUT2D eigenvalue weighted by Crippen LogP contribution is 2.28. The van der Waals surface area contributed by atoms with Gasteiger partial charge >= 0.3 is 5.69 Å². The molecule has 0 saturated heterocycles. The number of halogens is 1. The fraction of sp³-hybridized carbons (Fsp3) is 0.182. The van der Waals surface area contributed by atoms with E-state index in [9.17, 15) is 14.3 Å². The number of nitrogens with zero attached hydrogens (tertiary/aromatic N) is 4. The van der Waals surface area contributed by atoms with E-state index in [0.29, 0.717) is 24.5 Å². The Balaban J connectivity index is 1.54. The molecule has 0 saturated carbocycles. The molecule has 0 unspecified atom stereocenters. The van der Waals surface area contributed by atoms with Gasteiger partial charge in [0.2, 0.25) is 11.8 Å². The number of ether oxygens (including phenoxy) is 2. The van der Waals surface area contributed by atoms with Gasteiger partial charge < -0.3 is 19.9 Å². The summed E-state index contributed by atoms with van der Waals surface area (Å²) in [6.07, 6.45) is 2.01. The molecule has 0 aliphatic heterocycles. The van der Waals surface area contributed by atoms with E-state index in [1.807, 2.05) is 18.2 Å². The number of rotatable bonds is 7. The Kier molecular flexibility index (Phi) is 5.84. The topological polar surface area (TPSA) is 111 Å². The number of fused-ring (bicyclic) bond motifs is 1. The molecule has 2 aromatic carbocycles. The van der Waals surface area contributed by atoms with Crippen LogP contribution in [0.3, 0.4) is 0 Å². The van der Waals surface area contributed by atoms with Crippen LogP contribution in [0.25, 0.3) is 16.7 Å². The van der Waals surface area contributed by atoms with Crippen molar-refractivity contribution in [3.05, 3.63) is 70.5 Å². The SMILES string of the molecule is COc1ccc(CCNc2ncc3c(O)n(-c4cccc(F)c4)c(=O)nc3n2)cc1OC. The Morgan fingerprint density at radius 2 is 1.91 bits per heavy atom. The van der Waals surface area contributed by atoms with Crippen LogP contribution in [0.1, 0.15) is 5.56 Å². The molecule has 32 heavy (non-hydrogen) atoms. The third kappa shape index (κ3) is 4.15. The molecule has 0 radical (unpaired) electrons. The van der Waals surface area contributed by atoms with Crippen LogP contribution in [-0.4, -0.2) is 45.4 Å². The van der Waals surface area contributed by atoms with Crippen LogP contribution in [0, 0.1) is 5.82 Å². The van der Waals surface area contributed by atoms with Gasteiger partial charge in [0.05, 0.1) is 25.3 Å². The summed E-state index contributed by atoms with van der Waals surface area (Å²) in [4.78, 5) is 24.8. The smallest absolute Gasteiger partial charge is 0.357 e. The quantitative estimate of drug-likeness (QED) is 0.454. The molecule has 0 amide bonds. The first-order valence-electron chi connectivity index (χ1n) is 9.69. The van der Waals surface area contributed by atoms with Gasteiger partial charge in [-0.1, -0.05) is 12.1 Å². The third-order valence-corrected chi connectivity index (χ3v) is 4.83. The summed E-state index contributed by atoms with van der Waals surface area (Å²) >= 11 is 0. The van der Waals surface area contributed by atoms with Gasteiger partial charge in [0, 0.05) is 12.7 Å². The highest BCUT2D eigenvalue weighted by molar-refractivity contribution is 5.80. The lowest BCUT2D eigenvalue weighted by Crippen LogP contribution is -2.22. The first kappa shape index (κ1) is 21.0. The number of aromatic nitrogens is 4. The summed E-state index contributed by atoms with van der Waals surface area (Å²) in [6.45, 7) is 0.507. The summed E-state index contributed by atoms with van der Waals surface area (Å²) in [5, 5.41) is 13.8. The van der Waals surface area contributed by atoms with Crippen LogP contribution in [0.2, 0.25) is 0 Å². The Morgan fingerprint density at radius 3 is 2.66 bits per heavy atom. The highest BCUT2D eigenvalue weighted by Gasteiger charge is 2.15. The van der Waals surface area contributed by atoms with Crippen molar-refractivity contribution in [1.82, 2.24) is 19.5 Å². The normalized spacial score (nSPS) is 10.8. The van der Waals surface area contributed by atoms with E-state index in [0.717, 1.165) is 16.2 Å². The largest absolute Gasteiger partial charge is 0.494 e. The van der Waals surface area contributed by atoms with Crippen molar-refractivity contribution in [3.8, 4) is 23.1 Å². The van der Waals surface area contributed by atoms with Crippen molar-refractivity contribution >= 4 is 17.0 Å². The fourth-order valence-corrected chi connectivity index (χ4v) is 3.26. The minimum atomic E-state index is -0.782. The van der Waals surface area contributed by atoms with E-state index in [1.165, 1.54) is 24.4 Å². The Morgan fingerprint density at radius 1 is 1.09 bits per heavy atom. The molecule has 0 spiro atoms. The molecule has 0 aliphatic carbocycles. The van der Waals surface area contributed by atoms with Gasteiger partial charge in [-0.05, 0) is 42.3 Å². The maximum Gasteiger partial charge on any atom is 0.357 e. The summed E-state index contributed by atoms with van der Waals surface area (Å²) in [7, 11) is 3.16. The first-order valence-corrected chi connectivity index (χ1v) is 9.69. The molecule has 164 valence electrons. The third-order valence-electron chi connectivity index (χ3n) is 4.83. The summed E-state index contributed by atoms with van der Waals surface area (Å²) in [5.74, 6) is 0.590. The molecule has 2 aromatic heterocycles. The number of hydrogen-bond donors (Lipinski definition) is 2. The Bertz CT molecular complexity index is 1340. The molecule has 0 bridgehead atoms. The second-order valence-corrected chi connectivity index (χ2v) is 6.83. The minimum absolute atomic E-state index is 0.0313. The van der Waals surface area contributed by atoms with Crippen LogP contribution in [-0.2, 0) is 6.42 Å². The van der Waals surface area contributed by atoms with Gasteiger partial charge in [-0.2, -0.15) is 9.97 Å². The molecule has 9 nitrogen and oxygen atoms in total. The number of anilines is 1. The number of hydrogen-bond acceptors (Lipinski definition) is 8. The Labute approximate surface area is 182 Å². The fourth-order valence-electron chi connectivity index (χ4n) is 3.26. The standard InChI is InChI=1S/C22H20FN5O4/c1-31-17-7-6-13(10-18(17)32-2)8-9-24-21-25-12-16-19(26-21)27-22(30)28(20(16)29)15-5-3-4-14(23)11-15/h3-7,10-12,29H,8-9H2,1-2H3,(H,24,26,27,30). The average molecular weight is 437 g/mol. The van der Waals surface area contributed by atoms with Crippen LogP contribution >= 0.6 is 0 Å². The van der Waals surface area contributed by atoms with E-state index in [1.54, 1.807) is 14.2 Å². The Hall–Kier alpha value is -4.21. The molecule has 0 aliphatic rings. The summed E-state index contributed by atoms with van der Waals surface area (Å²) in [5.41, 5.74) is 0.419. The zero-order chi connectivity index (χ0) is 22.7. The van der Waals surface area contributed by atoms with E-state index in [-0.39, 0.29) is 22.7 Å². The lowest BCUT2D eigenvalue weighted by molar-refractivity contribution is 0.354. The molecular formula is C22H20FN5O4. The summed E-state index contributed by atoms with van der Waals surface area (Å²) in [6, 6.07) is 10.9. The maximum atomic E-state index is 13.5. The first-order chi connectivity index (χ1) is 15.5. The number of nitrogens with one attached hydrogen (secondary N) is 1. The van der Waals surface area contributed by atoms with Crippen LogP contribution in [0.5, 0.6) is 17.4 Å². The minimum Gasteiger partial charge on any atom is -0.494 e. The van der Waals surface area contributed by atoms with Crippen LogP contribution < -0.4 is 20.5 Å². The van der Waals surface area contributed by atoms with Crippen molar-refractivity contribution in [2.45, 2.75) is 6.42 Å². The van der Waals surface area contributed by atoms with Crippen molar-refractivity contribution in [2.75, 3.05) is 26.1 Å². The molecule has 0 atom stereocenters. The molecule has 2 heterocycles. The number of methoxy groups -OCH3 is 2. The van der Waals surface area contributed by atoms with Gasteiger partial charge in [0.15, 0.2) is 17.1 Å². The second-order valence-electron chi connectivity index (χ2n) is 6.83. The van der Waals surface area contributed by atoms with E-state index in [2.05, 4.69) is 20.3 Å². The monoisotopic (exact) mass is 437 g/mol. The lowest BCUT2D eigenvalue weighted by atomic mass is 10.1. The van der Waals surface area contributed by atoms with Crippen LogP contribution in [0.4, 0.5) is 10.3 Å². The number of aromatic hydroxyl groups is 1. The van der Waals surface area contributed by atoms with Crippen LogP contribution in [0.15, 0.2) is 53.5 Å². The van der Waals surface area contributed by atoms with E-state index in [4.69, 9.17) is 9.47 Å². The van der Waals surface area contributed by atoms with E-state index >= 15 is 0 Å². The van der Waals surface area contributed by atoms with Crippen molar-refractivity contribution < 1.29 is 19.0 Å². The zero-order valence-electron chi connectivity index (χ0n) is 17.4. The molecule has 2 N–H and O–H groups in total. The maximum absolute atomic E-state index is 13.5. The van der Waals surface area contributed by atoms with Gasteiger partial charge in [0.1, 0.15) is 5.82 Å². The number of benzene rings is 2. The highest BCUT2D eigenvalue weighted by atomic mass is 19.1. The molecular weight excluding hydrogens is 417 g/mol. The second kappa shape index (κ2) is 8.88. The van der Waals surface area contributed by atoms with Gasteiger partial charge in [-0.15, -0.1) is 0 Å². The lowest BCUT2D eigenvalue weighted by Gasteiger charge is -2.11. The average Bonchev–Trinajstić information content (AvgIpc) is 2.79. The van der Waals surface area contributed by atoms with Gasteiger partial charge in [0.25, 0.3) is 0 Å². The van der Waals surface area contributed by atoms with Gasteiger partial charge in [-0.3, -0.25) is 0 Å². The molecule has 0 fully saturated rings. The van der Waals surface area contributed by atoms with Gasteiger partial charge in [-0.25, -0.2) is 18.7 Å². The zero-order valence-corrected chi connectivity index (χ0v) is 17.4. The van der Waals surface area contributed by atoms with Crippen molar-refractivity contribution in [1.29, 1.82) is 0 Å². The predicted molar refractivity (Wildman–Crippen MR) is 116 cm³/mol. The molecule has 4 rings (SSSR count). The van der Waals surface area contributed by atoms with Crippen molar-refractivity contribution in [2.24, 2.45) is 0 Å².